The SMILES string of the molecule is CCn1nc(C(=O)NNC(=O)c2cc(Cl)sc2Cl)c2ccccc2c1=O. The van der Waals surface area contributed by atoms with Gasteiger partial charge in [0.15, 0.2) is 5.69 Å². The van der Waals surface area contributed by atoms with Crippen molar-refractivity contribution in [2.45, 2.75) is 13.5 Å². The van der Waals surface area contributed by atoms with Gasteiger partial charge in [0.1, 0.15) is 4.34 Å². The Morgan fingerprint density at radius 2 is 1.81 bits per heavy atom. The van der Waals surface area contributed by atoms with Gasteiger partial charge < -0.3 is 0 Å². The van der Waals surface area contributed by atoms with Crippen molar-refractivity contribution in [3.8, 4) is 0 Å². The number of amides is 2. The fourth-order valence-electron chi connectivity index (χ4n) is 2.35. The summed E-state index contributed by atoms with van der Waals surface area (Å²) in [5, 5.41) is 4.85. The molecule has 134 valence electrons. The normalized spacial score (nSPS) is 10.7. The van der Waals surface area contributed by atoms with E-state index in [1.165, 1.54) is 10.7 Å². The third-order valence-electron chi connectivity index (χ3n) is 3.57. The molecule has 26 heavy (non-hydrogen) atoms. The highest BCUT2D eigenvalue weighted by atomic mass is 35.5. The average molecular weight is 411 g/mol. The van der Waals surface area contributed by atoms with Crippen LogP contribution in [0.2, 0.25) is 8.67 Å². The van der Waals surface area contributed by atoms with Gasteiger partial charge in [-0.25, -0.2) is 4.68 Å². The van der Waals surface area contributed by atoms with Crippen molar-refractivity contribution in [1.29, 1.82) is 0 Å². The van der Waals surface area contributed by atoms with Gasteiger partial charge >= 0.3 is 0 Å². The van der Waals surface area contributed by atoms with Gasteiger partial charge in [-0.05, 0) is 19.1 Å². The number of rotatable bonds is 3. The van der Waals surface area contributed by atoms with Crippen molar-refractivity contribution in [2.75, 3.05) is 0 Å². The van der Waals surface area contributed by atoms with Crippen LogP contribution in [0.15, 0.2) is 35.1 Å². The topological polar surface area (TPSA) is 93.1 Å². The molecular weight excluding hydrogens is 399 g/mol. The molecule has 0 fully saturated rings. The zero-order chi connectivity index (χ0) is 18.8. The van der Waals surface area contributed by atoms with E-state index in [1.54, 1.807) is 31.2 Å². The largest absolute Gasteiger partial charge is 0.290 e. The van der Waals surface area contributed by atoms with E-state index in [9.17, 15) is 14.4 Å². The van der Waals surface area contributed by atoms with Crippen LogP contribution in [0, 0.1) is 0 Å². The Morgan fingerprint density at radius 1 is 1.15 bits per heavy atom. The lowest BCUT2D eigenvalue weighted by atomic mass is 10.1. The minimum Gasteiger partial charge on any atom is -0.267 e. The van der Waals surface area contributed by atoms with Crippen molar-refractivity contribution in [2.24, 2.45) is 0 Å². The number of hydrogen-bond donors (Lipinski definition) is 2. The van der Waals surface area contributed by atoms with E-state index in [0.717, 1.165) is 11.3 Å². The van der Waals surface area contributed by atoms with Gasteiger partial charge in [0.05, 0.1) is 15.3 Å². The first-order chi connectivity index (χ1) is 12.4. The summed E-state index contributed by atoms with van der Waals surface area (Å²) in [6.07, 6.45) is 0. The van der Waals surface area contributed by atoms with Crippen molar-refractivity contribution in [3.63, 3.8) is 0 Å². The number of carbonyl (C=O) groups excluding carboxylic acids is 2. The number of hydrogen-bond acceptors (Lipinski definition) is 5. The first kappa shape index (κ1) is 18.4. The third-order valence-corrected chi connectivity index (χ3v) is 5.06. The minimum absolute atomic E-state index is 0.0248. The first-order valence-electron chi connectivity index (χ1n) is 7.47. The number of carbonyl (C=O) groups is 2. The zero-order valence-electron chi connectivity index (χ0n) is 13.4. The number of thiophene rings is 1. The lowest BCUT2D eigenvalue weighted by Crippen LogP contribution is -2.42. The van der Waals surface area contributed by atoms with Gasteiger partial charge in [-0.2, -0.15) is 5.10 Å². The number of nitrogens with one attached hydrogen (secondary N) is 2. The van der Waals surface area contributed by atoms with Crippen LogP contribution in [0.4, 0.5) is 0 Å². The van der Waals surface area contributed by atoms with Crippen LogP contribution in [0.3, 0.4) is 0 Å². The maximum Gasteiger partial charge on any atom is 0.290 e. The quantitative estimate of drug-likeness (QED) is 0.649. The molecule has 0 atom stereocenters. The summed E-state index contributed by atoms with van der Waals surface area (Å²) < 4.78 is 1.76. The fraction of sp³-hybridized carbons (Fsp3) is 0.125. The van der Waals surface area contributed by atoms with E-state index in [2.05, 4.69) is 16.0 Å². The number of halogens is 2. The van der Waals surface area contributed by atoms with Gasteiger partial charge in [-0.15, -0.1) is 11.3 Å². The number of fused-ring (bicyclic) bond motifs is 1. The van der Waals surface area contributed by atoms with Gasteiger partial charge in [0, 0.05) is 11.9 Å². The molecule has 1 aromatic carbocycles. The highest BCUT2D eigenvalue weighted by molar-refractivity contribution is 7.20. The molecule has 0 aliphatic heterocycles. The number of aromatic nitrogens is 2. The summed E-state index contributed by atoms with van der Waals surface area (Å²) in [7, 11) is 0. The van der Waals surface area contributed by atoms with Crippen molar-refractivity contribution in [1.82, 2.24) is 20.6 Å². The Hall–Kier alpha value is -2.42. The summed E-state index contributed by atoms with van der Waals surface area (Å²) in [5.41, 5.74) is 4.44. The second-order valence-corrected chi connectivity index (χ2v) is 7.45. The van der Waals surface area contributed by atoms with E-state index < -0.39 is 11.8 Å². The maximum absolute atomic E-state index is 12.5. The summed E-state index contributed by atoms with van der Waals surface area (Å²) in [4.78, 5) is 36.9. The molecule has 0 saturated heterocycles. The minimum atomic E-state index is -0.658. The second kappa shape index (κ2) is 7.45. The van der Waals surface area contributed by atoms with Crippen LogP contribution in [-0.2, 0) is 6.54 Å². The summed E-state index contributed by atoms with van der Waals surface area (Å²) in [6.45, 7) is 2.05. The molecule has 0 saturated carbocycles. The van der Waals surface area contributed by atoms with Crippen molar-refractivity contribution < 1.29 is 9.59 Å². The van der Waals surface area contributed by atoms with Crippen LogP contribution in [0.5, 0.6) is 0 Å². The van der Waals surface area contributed by atoms with Crippen molar-refractivity contribution >= 4 is 57.1 Å². The van der Waals surface area contributed by atoms with Crippen LogP contribution in [0.25, 0.3) is 10.8 Å². The second-order valence-electron chi connectivity index (χ2n) is 5.16. The van der Waals surface area contributed by atoms with E-state index in [4.69, 9.17) is 23.2 Å². The van der Waals surface area contributed by atoms with Crippen LogP contribution >= 0.6 is 34.5 Å². The van der Waals surface area contributed by atoms with Gasteiger partial charge in [-0.1, -0.05) is 41.4 Å². The van der Waals surface area contributed by atoms with Crippen molar-refractivity contribution in [3.05, 3.63) is 60.6 Å². The number of nitrogens with zero attached hydrogens (tertiary/aromatic N) is 2. The fourth-order valence-corrected chi connectivity index (χ4v) is 3.81. The monoisotopic (exact) mass is 410 g/mol. The molecule has 2 amide bonds. The van der Waals surface area contributed by atoms with Gasteiger partial charge in [0.25, 0.3) is 17.4 Å². The van der Waals surface area contributed by atoms with E-state index in [-0.39, 0.29) is 21.2 Å². The first-order valence-corrected chi connectivity index (χ1v) is 9.05. The molecule has 0 unspecified atom stereocenters. The van der Waals surface area contributed by atoms with Crippen LogP contribution in [-0.4, -0.2) is 21.6 Å². The van der Waals surface area contributed by atoms with Gasteiger partial charge in [0.2, 0.25) is 0 Å². The molecule has 0 aliphatic carbocycles. The smallest absolute Gasteiger partial charge is 0.267 e. The average Bonchev–Trinajstić information content (AvgIpc) is 2.98. The molecule has 2 heterocycles. The lowest BCUT2D eigenvalue weighted by molar-refractivity contribution is 0.0844. The molecule has 7 nitrogen and oxygen atoms in total. The van der Waals surface area contributed by atoms with E-state index in [0.29, 0.717) is 21.7 Å². The summed E-state index contributed by atoms with van der Waals surface area (Å²) in [5.74, 6) is -1.27. The summed E-state index contributed by atoms with van der Waals surface area (Å²) >= 11 is 12.8. The van der Waals surface area contributed by atoms with Crippen LogP contribution < -0.4 is 16.4 Å². The molecule has 3 aromatic rings. The Balaban J connectivity index is 1.88. The molecule has 0 bridgehead atoms. The molecule has 3 rings (SSSR count). The molecule has 0 aliphatic rings. The Kier molecular flexibility index (Phi) is 5.26. The highest BCUT2D eigenvalue weighted by Crippen LogP contribution is 2.30. The van der Waals surface area contributed by atoms with E-state index in [1.807, 2.05) is 0 Å². The highest BCUT2D eigenvalue weighted by Gasteiger charge is 2.19. The number of aryl methyl sites for hydroxylation is 1. The summed E-state index contributed by atoms with van der Waals surface area (Å²) in [6, 6.07) is 8.04. The molecule has 2 aromatic heterocycles. The standard InChI is InChI=1S/C16H12Cl2N4O3S/c1-2-22-16(25)9-6-4-3-5-8(9)12(21-22)15(24)20-19-14(23)10-7-11(17)26-13(10)18/h3-7H,2H2,1H3,(H,19,23)(H,20,24). The Labute approximate surface area is 161 Å². The molecule has 2 N–H and O–H groups in total. The van der Waals surface area contributed by atoms with Crippen LogP contribution in [0.1, 0.15) is 27.8 Å². The predicted octanol–water partition coefficient (Wildman–Crippen LogP) is 2.86. The Morgan fingerprint density at radius 3 is 2.42 bits per heavy atom. The Bertz CT molecular complexity index is 1080. The predicted molar refractivity (Wildman–Crippen MR) is 101 cm³/mol. The molecule has 0 radical (unpaired) electrons. The number of benzene rings is 1. The molecule has 0 spiro atoms. The van der Waals surface area contributed by atoms with Gasteiger partial charge in [-0.3, -0.25) is 25.2 Å². The molecular formula is C16H12Cl2N4O3S. The number of hydrazine groups is 1. The zero-order valence-corrected chi connectivity index (χ0v) is 15.7. The maximum atomic E-state index is 12.5. The van der Waals surface area contributed by atoms with E-state index >= 15 is 0 Å². The molecule has 10 heteroatoms. The third kappa shape index (κ3) is 3.44. The lowest BCUT2D eigenvalue weighted by Gasteiger charge is -2.10.